The Morgan fingerprint density at radius 1 is 1.17 bits per heavy atom. The summed E-state index contributed by atoms with van der Waals surface area (Å²) in [4.78, 5) is 13.1. The third-order valence-electron chi connectivity index (χ3n) is 3.59. The first-order chi connectivity index (χ1) is 11.3. The van der Waals surface area contributed by atoms with Crippen LogP contribution in [-0.2, 0) is 9.53 Å². The Morgan fingerprint density at radius 3 is 2.12 bits per heavy atom. The van der Waals surface area contributed by atoms with Gasteiger partial charge in [0.15, 0.2) is 0 Å². The number of esters is 1. The highest BCUT2D eigenvalue weighted by Crippen LogP contribution is 2.42. The van der Waals surface area contributed by atoms with Gasteiger partial charge in [-0.25, -0.2) is 4.79 Å². The maximum atomic E-state index is 14.0. The molecule has 4 nitrogen and oxygen atoms in total. The standard InChI is InChI=1S/C17H20F3NO3/c1-5-11-16(15(22)24-4,17(18,19)20)21(12-6-2)13-7-9-14(23-3)10-8-13/h5-10H,1-2,11-12H2,3-4H3. The molecule has 0 spiro atoms. The first-order valence-corrected chi connectivity index (χ1v) is 7.07. The summed E-state index contributed by atoms with van der Waals surface area (Å²) in [6.07, 6.45) is -3.22. The quantitative estimate of drug-likeness (QED) is 0.532. The summed E-state index contributed by atoms with van der Waals surface area (Å²) in [6, 6.07) is 5.90. The Labute approximate surface area is 139 Å². The van der Waals surface area contributed by atoms with Crippen molar-refractivity contribution in [2.75, 3.05) is 25.7 Å². The molecule has 0 aliphatic carbocycles. The zero-order chi connectivity index (χ0) is 18.4. The molecule has 0 aliphatic heterocycles. The third kappa shape index (κ3) is 3.55. The predicted octanol–water partition coefficient (Wildman–Crippen LogP) is 3.74. The minimum absolute atomic E-state index is 0.181. The summed E-state index contributed by atoms with van der Waals surface area (Å²) in [5.41, 5.74) is -2.72. The van der Waals surface area contributed by atoms with Crippen molar-refractivity contribution >= 4 is 11.7 Å². The molecule has 0 radical (unpaired) electrons. The number of alkyl halides is 3. The topological polar surface area (TPSA) is 38.8 Å². The molecule has 0 aliphatic rings. The van der Waals surface area contributed by atoms with Crippen LogP contribution >= 0.6 is 0 Å². The van der Waals surface area contributed by atoms with E-state index in [2.05, 4.69) is 17.9 Å². The number of carbonyl (C=O) groups is 1. The lowest BCUT2D eigenvalue weighted by atomic mass is 9.90. The van der Waals surface area contributed by atoms with E-state index in [0.29, 0.717) is 5.75 Å². The Hall–Kier alpha value is -2.44. The number of hydrogen-bond donors (Lipinski definition) is 0. The molecule has 1 atom stereocenters. The molecule has 7 heteroatoms. The minimum atomic E-state index is -4.89. The van der Waals surface area contributed by atoms with Crippen LogP contribution in [0, 0.1) is 0 Å². The van der Waals surface area contributed by atoms with Gasteiger partial charge in [-0.1, -0.05) is 12.2 Å². The van der Waals surface area contributed by atoms with Crippen LogP contribution in [0.5, 0.6) is 5.75 Å². The largest absolute Gasteiger partial charge is 0.497 e. The minimum Gasteiger partial charge on any atom is -0.497 e. The van der Waals surface area contributed by atoms with Crippen LogP contribution in [0.4, 0.5) is 18.9 Å². The van der Waals surface area contributed by atoms with Gasteiger partial charge in [-0.05, 0) is 24.3 Å². The van der Waals surface area contributed by atoms with Crippen molar-refractivity contribution in [3.63, 3.8) is 0 Å². The van der Waals surface area contributed by atoms with Crippen LogP contribution < -0.4 is 9.64 Å². The fourth-order valence-electron chi connectivity index (χ4n) is 2.44. The van der Waals surface area contributed by atoms with Crippen LogP contribution in [0.1, 0.15) is 6.42 Å². The van der Waals surface area contributed by atoms with Crippen molar-refractivity contribution in [1.82, 2.24) is 0 Å². The summed E-state index contributed by atoms with van der Waals surface area (Å²) < 4.78 is 51.4. The van der Waals surface area contributed by atoms with Crippen molar-refractivity contribution in [1.29, 1.82) is 0 Å². The van der Waals surface area contributed by atoms with Gasteiger partial charge >= 0.3 is 12.1 Å². The molecular formula is C17H20F3NO3. The van der Waals surface area contributed by atoms with Gasteiger partial charge in [0.1, 0.15) is 5.75 Å². The summed E-state index contributed by atoms with van der Waals surface area (Å²) in [6.45, 7) is 6.63. The second-order valence-electron chi connectivity index (χ2n) is 4.94. The van der Waals surface area contributed by atoms with Crippen LogP contribution in [0.3, 0.4) is 0 Å². The van der Waals surface area contributed by atoms with Gasteiger partial charge in [-0.3, -0.25) is 0 Å². The van der Waals surface area contributed by atoms with Crippen molar-refractivity contribution in [2.45, 2.75) is 18.1 Å². The molecular weight excluding hydrogens is 323 g/mol. The monoisotopic (exact) mass is 343 g/mol. The Kier molecular flexibility index (Phi) is 6.45. The zero-order valence-electron chi connectivity index (χ0n) is 13.6. The highest BCUT2D eigenvalue weighted by atomic mass is 19.4. The summed E-state index contributed by atoms with van der Waals surface area (Å²) in [5.74, 6) is -0.927. The second-order valence-corrected chi connectivity index (χ2v) is 4.94. The summed E-state index contributed by atoms with van der Waals surface area (Å²) in [7, 11) is 2.37. The molecule has 24 heavy (non-hydrogen) atoms. The van der Waals surface area contributed by atoms with E-state index in [1.54, 1.807) is 0 Å². The van der Waals surface area contributed by atoms with Crippen LogP contribution in [0.2, 0.25) is 0 Å². The van der Waals surface area contributed by atoms with Gasteiger partial charge in [0.05, 0.1) is 14.2 Å². The van der Waals surface area contributed by atoms with E-state index < -0.39 is 24.1 Å². The number of benzene rings is 1. The number of rotatable bonds is 8. The van der Waals surface area contributed by atoms with Gasteiger partial charge in [0.2, 0.25) is 5.54 Å². The Morgan fingerprint density at radius 2 is 1.75 bits per heavy atom. The predicted molar refractivity (Wildman–Crippen MR) is 86.2 cm³/mol. The number of hydrogen-bond acceptors (Lipinski definition) is 4. The van der Waals surface area contributed by atoms with Gasteiger partial charge in [0.25, 0.3) is 0 Å². The number of anilines is 1. The van der Waals surface area contributed by atoms with E-state index in [4.69, 9.17) is 4.74 Å². The number of halogens is 3. The molecule has 1 aromatic carbocycles. The number of ether oxygens (including phenoxy) is 2. The summed E-state index contributed by atoms with van der Waals surface area (Å²) >= 11 is 0. The molecule has 0 saturated carbocycles. The van der Waals surface area contributed by atoms with E-state index in [9.17, 15) is 18.0 Å². The fraction of sp³-hybridized carbons (Fsp3) is 0.353. The molecule has 0 fully saturated rings. The molecule has 1 unspecified atom stereocenters. The maximum absolute atomic E-state index is 14.0. The van der Waals surface area contributed by atoms with Crippen LogP contribution in [0.15, 0.2) is 49.6 Å². The average Bonchev–Trinajstić information content (AvgIpc) is 2.56. The lowest BCUT2D eigenvalue weighted by Gasteiger charge is -2.43. The lowest BCUT2D eigenvalue weighted by molar-refractivity contribution is -0.204. The molecule has 0 amide bonds. The lowest BCUT2D eigenvalue weighted by Crippen LogP contribution is -2.64. The van der Waals surface area contributed by atoms with Gasteiger partial charge in [-0.15, -0.1) is 13.2 Å². The first kappa shape index (κ1) is 19.6. The molecule has 0 bridgehead atoms. The molecule has 0 N–H and O–H groups in total. The highest BCUT2D eigenvalue weighted by molar-refractivity contribution is 5.87. The van der Waals surface area contributed by atoms with Crippen LogP contribution in [-0.4, -0.2) is 38.4 Å². The maximum Gasteiger partial charge on any atom is 0.422 e. The Bertz CT molecular complexity index is 584. The Balaban J connectivity index is 3.58. The van der Waals surface area contributed by atoms with Gasteiger partial charge in [-0.2, -0.15) is 13.2 Å². The molecule has 0 aromatic heterocycles. The summed E-state index contributed by atoms with van der Waals surface area (Å²) in [5, 5.41) is 0. The third-order valence-corrected chi connectivity index (χ3v) is 3.59. The molecule has 0 saturated heterocycles. The smallest absolute Gasteiger partial charge is 0.422 e. The SMILES string of the molecule is C=CCN(c1ccc(OC)cc1)C(CC=C)(C(=O)OC)C(F)(F)F. The molecule has 0 heterocycles. The van der Waals surface area contributed by atoms with E-state index in [0.717, 1.165) is 18.1 Å². The van der Waals surface area contributed by atoms with Gasteiger partial charge < -0.3 is 14.4 Å². The molecule has 1 aromatic rings. The van der Waals surface area contributed by atoms with Gasteiger partial charge in [0, 0.05) is 18.7 Å². The number of methoxy groups -OCH3 is 2. The van der Waals surface area contributed by atoms with Crippen LogP contribution in [0.25, 0.3) is 0 Å². The zero-order valence-corrected chi connectivity index (χ0v) is 13.6. The number of carbonyl (C=O) groups excluding carboxylic acids is 1. The van der Waals surface area contributed by atoms with Crippen molar-refractivity contribution in [2.24, 2.45) is 0 Å². The first-order valence-electron chi connectivity index (χ1n) is 7.07. The normalized spacial score (nSPS) is 13.5. The fourth-order valence-corrected chi connectivity index (χ4v) is 2.44. The molecule has 1 rings (SSSR count). The average molecular weight is 343 g/mol. The highest BCUT2D eigenvalue weighted by Gasteiger charge is 2.64. The van der Waals surface area contributed by atoms with Crippen molar-refractivity contribution in [3.05, 3.63) is 49.6 Å². The molecule has 132 valence electrons. The van der Waals surface area contributed by atoms with E-state index >= 15 is 0 Å². The van der Waals surface area contributed by atoms with Crippen molar-refractivity contribution in [3.8, 4) is 5.75 Å². The van der Waals surface area contributed by atoms with E-state index in [1.165, 1.54) is 37.5 Å². The van der Waals surface area contributed by atoms with Crippen molar-refractivity contribution < 1.29 is 27.4 Å². The van der Waals surface area contributed by atoms with E-state index in [1.807, 2.05) is 0 Å². The number of nitrogens with zero attached hydrogens (tertiary/aromatic N) is 1. The second kappa shape index (κ2) is 7.90. The van der Waals surface area contributed by atoms with E-state index in [-0.39, 0.29) is 12.2 Å².